The van der Waals surface area contributed by atoms with Crippen molar-refractivity contribution in [2.45, 2.75) is 20.8 Å². The number of rotatable bonds is 6. The molecule has 0 N–H and O–H groups in total. The van der Waals surface area contributed by atoms with Crippen LogP contribution in [0.15, 0.2) is 54.3 Å². The lowest BCUT2D eigenvalue weighted by atomic mass is 10.1. The lowest BCUT2D eigenvalue weighted by Gasteiger charge is -2.11. The van der Waals surface area contributed by atoms with Gasteiger partial charge in [0.15, 0.2) is 5.76 Å². The van der Waals surface area contributed by atoms with E-state index in [0.29, 0.717) is 36.0 Å². The van der Waals surface area contributed by atoms with Crippen LogP contribution < -0.4 is 14.2 Å². The normalized spacial score (nSPS) is 14.1. The molecule has 4 heteroatoms. The van der Waals surface area contributed by atoms with E-state index < -0.39 is 0 Å². The van der Waals surface area contributed by atoms with E-state index in [9.17, 15) is 4.79 Å². The van der Waals surface area contributed by atoms with Crippen LogP contribution in [-0.2, 0) is 0 Å². The van der Waals surface area contributed by atoms with Crippen molar-refractivity contribution in [3.63, 3.8) is 0 Å². The molecule has 0 saturated heterocycles. The van der Waals surface area contributed by atoms with Gasteiger partial charge in [-0.2, -0.15) is 0 Å². The van der Waals surface area contributed by atoms with E-state index >= 15 is 0 Å². The first-order chi connectivity index (χ1) is 12.5. The summed E-state index contributed by atoms with van der Waals surface area (Å²) in [5.74, 6) is 2.24. The van der Waals surface area contributed by atoms with Crippen LogP contribution in [0.1, 0.15) is 35.3 Å². The lowest BCUT2D eigenvalue weighted by Crippen LogP contribution is -2.00. The molecule has 0 fully saturated rings. The summed E-state index contributed by atoms with van der Waals surface area (Å²) in [7, 11) is 0. The van der Waals surface area contributed by atoms with Crippen molar-refractivity contribution in [2.24, 2.45) is 0 Å². The van der Waals surface area contributed by atoms with Gasteiger partial charge >= 0.3 is 0 Å². The van der Waals surface area contributed by atoms with E-state index in [1.165, 1.54) is 0 Å². The number of ketones is 1. The highest BCUT2D eigenvalue weighted by atomic mass is 16.5. The molecule has 0 aliphatic carbocycles. The van der Waals surface area contributed by atoms with Crippen LogP contribution in [0.4, 0.5) is 0 Å². The van der Waals surface area contributed by atoms with Gasteiger partial charge in [0.1, 0.15) is 23.9 Å². The fourth-order valence-electron chi connectivity index (χ4n) is 2.70. The molecule has 0 radical (unpaired) electrons. The zero-order valence-electron chi connectivity index (χ0n) is 15.3. The average Bonchev–Trinajstić information content (AvgIpc) is 2.93. The minimum Gasteiger partial charge on any atom is -0.494 e. The van der Waals surface area contributed by atoms with Gasteiger partial charge in [0.25, 0.3) is 0 Å². The molecule has 0 amide bonds. The van der Waals surface area contributed by atoms with Crippen molar-refractivity contribution >= 4 is 11.9 Å². The lowest BCUT2D eigenvalue weighted by molar-refractivity contribution is 0.101. The zero-order valence-corrected chi connectivity index (χ0v) is 15.3. The Bertz CT molecular complexity index is 876. The first-order valence-electron chi connectivity index (χ1n) is 8.57. The summed E-state index contributed by atoms with van der Waals surface area (Å²) in [5, 5.41) is 0. The van der Waals surface area contributed by atoms with Gasteiger partial charge in [-0.3, -0.25) is 4.79 Å². The van der Waals surface area contributed by atoms with E-state index in [2.05, 4.69) is 6.58 Å². The topological polar surface area (TPSA) is 44.8 Å². The molecule has 134 valence electrons. The first-order valence-corrected chi connectivity index (χ1v) is 8.57. The van der Waals surface area contributed by atoms with Crippen molar-refractivity contribution in [1.82, 2.24) is 0 Å². The number of fused-ring (bicyclic) bond motifs is 1. The maximum atomic E-state index is 12.6. The number of carbonyl (C=O) groups excluding carboxylic acids is 1. The second-order valence-corrected chi connectivity index (χ2v) is 6.25. The van der Waals surface area contributed by atoms with Gasteiger partial charge in [-0.15, -0.1) is 0 Å². The number of carbonyl (C=O) groups is 1. The molecule has 26 heavy (non-hydrogen) atoms. The number of Topliss-reactive ketones (excluding diaryl/α,β-unsaturated/α-hetero) is 1. The highest BCUT2D eigenvalue weighted by molar-refractivity contribution is 6.14. The minimum atomic E-state index is -0.122. The molecule has 1 aliphatic heterocycles. The van der Waals surface area contributed by atoms with Crippen molar-refractivity contribution in [3.8, 4) is 17.2 Å². The predicted octanol–water partition coefficient (Wildman–Crippen LogP) is 4.96. The monoisotopic (exact) mass is 350 g/mol. The number of benzene rings is 2. The van der Waals surface area contributed by atoms with Gasteiger partial charge in [-0.05, 0) is 62.2 Å². The molecule has 0 aromatic heterocycles. The molecule has 3 rings (SSSR count). The summed E-state index contributed by atoms with van der Waals surface area (Å²) in [5.41, 5.74) is 3.17. The van der Waals surface area contributed by atoms with Crippen molar-refractivity contribution in [1.29, 1.82) is 0 Å². The molecule has 0 unspecified atom stereocenters. The van der Waals surface area contributed by atoms with Crippen LogP contribution in [-0.4, -0.2) is 19.0 Å². The van der Waals surface area contributed by atoms with E-state index in [-0.39, 0.29) is 5.78 Å². The van der Waals surface area contributed by atoms with Gasteiger partial charge < -0.3 is 14.2 Å². The second-order valence-electron chi connectivity index (χ2n) is 6.25. The minimum absolute atomic E-state index is 0.122. The third kappa shape index (κ3) is 3.64. The third-order valence-electron chi connectivity index (χ3n) is 4.00. The van der Waals surface area contributed by atoms with Crippen LogP contribution in [0.5, 0.6) is 17.2 Å². The van der Waals surface area contributed by atoms with Crippen molar-refractivity contribution in [3.05, 3.63) is 71.0 Å². The predicted molar refractivity (Wildman–Crippen MR) is 102 cm³/mol. The fraction of sp³-hybridized carbons (Fsp3) is 0.227. The summed E-state index contributed by atoms with van der Waals surface area (Å²) in [6, 6.07) is 11.1. The Labute approximate surface area is 153 Å². The van der Waals surface area contributed by atoms with E-state index in [1.807, 2.05) is 45.0 Å². The molecule has 0 saturated carbocycles. The summed E-state index contributed by atoms with van der Waals surface area (Å²) in [6.07, 6.45) is 1.74. The molecule has 4 nitrogen and oxygen atoms in total. The SMILES string of the molecule is C=C(C)COc1ccc2c(c1C)O/C(=C\c1ccc(OCC)cc1)C2=O. The Balaban J connectivity index is 1.84. The Hall–Kier alpha value is -3.01. The highest BCUT2D eigenvalue weighted by Crippen LogP contribution is 2.39. The molecule has 2 aromatic carbocycles. The molecule has 2 aromatic rings. The molecule has 0 spiro atoms. The quantitative estimate of drug-likeness (QED) is 0.545. The average molecular weight is 350 g/mol. The molecular weight excluding hydrogens is 328 g/mol. The largest absolute Gasteiger partial charge is 0.494 e. The van der Waals surface area contributed by atoms with E-state index in [1.54, 1.807) is 18.2 Å². The Morgan fingerprint density at radius 3 is 2.54 bits per heavy atom. The third-order valence-corrected chi connectivity index (χ3v) is 4.00. The van der Waals surface area contributed by atoms with Crippen molar-refractivity contribution in [2.75, 3.05) is 13.2 Å². The van der Waals surface area contributed by atoms with Gasteiger partial charge in [0, 0.05) is 5.56 Å². The van der Waals surface area contributed by atoms with Crippen LogP contribution in [0.2, 0.25) is 0 Å². The van der Waals surface area contributed by atoms with Gasteiger partial charge in [0.2, 0.25) is 5.78 Å². The standard InChI is InChI=1S/C22H22O4/c1-5-24-17-8-6-16(7-9-17)12-20-21(23)18-10-11-19(25-13-14(2)3)15(4)22(18)26-20/h6-12H,2,5,13H2,1,3-4H3/b20-12-. The summed E-state index contributed by atoms with van der Waals surface area (Å²) in [4.78, 5) is 12.6. The van der Waals surface area contributed by atoms with Gasteiger partial charge in [-0.1, -0.05) is 18.7 Å². The number of allylic oxidation sites excluding steroid dienone is 1. The molecular formula is C22H22O4. The molecule has 0 bridgehead atoms. The zero-order chi connectivity index (χ0) is 18.7. The van der Waals surface area contributed by atoms with E-state index in [0.717, 1.165) is 22.4 Å². The fourth-order valence-corrected chi connectivity index (χ4v) is 2.70. The van der Waals surface area contributed by atoms with E-state index in [4.69, 9.17) is 14.2 Å². The summed E-state index contributed by atoms with van der Waals surface area (Å²) >= 11 is 0. The first kappa shape index (κ1) is 17.8. The summed E-state index contributed by atoms with van der Waals surface area (Å²) < 4.78 is 17.0. The summed E-state index contributed by atoms with van der Waals surface area (Å²) in [6.45, 7) is 10.6. The number of hydrogen-bond donors (Lipinski definition) is 0. The smallest absolute Gasteiger partial charge is 0.231 e. The number of ether oxygens (including phenoxy) is 3. The van der Waals surface area contributed by atoms with Crippen LogP contribution in [0.25, 0.3) is 6.08 Å². The molecule has 1 heterocycles. The maximum Gasteiger partial charge on any atom is 0.231 e. The van der Waals surface area contributed by atoms with Crippen LogP contribution >= 0.6 is 0 Å². The Kier molecular flexibility index (Phi) is 5.12. The Morgan fingerprint density at radius 1 is 1.15 bits per heavy atom. The van der Waals surface area contributed by atoms with Crippen LogP contribution in [0.3, 0.4) is 0 Å². The highest BCUT2D eigenvalue weighted by Gasteiger charge is 2.30. The Morgan fingerprint density at radius 2 is 1.88 bits per heavy atom. The second kappa shape index (κ2) is 7.48. The van der Waals surface area contributed by atoms with Gasteiger partial charge in [0.05, 0.1) is 12.2 Å². The van der Waals surface area contributed by atoms with Gasteiger partial charge in [-0.25, -0.2) is 0 Å². The maximum absolute atomic E-state index is 12.6. The molecule has 0 atom stereocenters. The number of hydrogen-bond acceptors (Lipinski definition) is 4. The van der Waals surface area contributed by atoms with Crippen LogP contribution in [0, 0.1) is 6.92 Å². The van der Waals surface area contributed by atoms with Crippen molar-refractivity contribution < 1.29 is 19.0 Å². The molecule has 1 aliphatic rings.